The topological polar surface area (TPSA) is 92.7 Å². The Kier molecular flexibility index (Phi) is 6.83. The minimum atomic E-state index is -3.75. The van der Waals surface area contributed by atoms with Crippen LogP contribution in [0.2, 0.25) is 0 Å². The van der Waals surface area contributed by atoms with E-state index in [1.807, 2.05) is 37.3 Å². The highest BCUT2D eigenvalue weighted by molar-refractivity contribution is 7.91. The Morgan fingerprint density at radius 2 is 2.06 bits per heavy atom. The van der Waals surface area contributed by atoms with Crippen molar-refractivity contribution in [2.24, 2.45) is 0 Å². The molecule has 11 heteroatoms. The monoisotopic (exact) mass is 528 g/mol. The van der Waals surface area contributed by atoms with Gasteiger partial charge in [0.2, 0.25) is 5.91 Å². The van der Waals surface area contributed by atoms with Crippen molar-refractivity contribution in [1.29, 1.82) is 0 Å². The molecule has 1 aliphatic rings. The molecule has 0 aliphatic carbocycles. The van der Waals surface area contributed by atoms with Crippen molar-refractivity contribution in [2.45, 2.75) is 36.6 Å². The van der Waals surface area contributed by atoms with Crippen molar-refractivity contribution in [3.8, 4) is 5.75 Å². The predicted molar refractivity (Wildman–Crippen MR) is 137 cm³/mol. The molecule has 0 radical (unpaired) electrons. The Morgan fingerprint density at radius 3 is 2.80 bits per heavy atom. The molecule has 1 unspecified atom stereocenters. The Balaban J connectivity index is 1.52. The lowest BCUT2D eigenvalue weighted by Gasteiger charge is -2.28. The average molecular weight is 529 g/mol. The molecule has 0 bridgehead atoms. The maximum absolute atomic E-state index is 14.0. The number of anilines is 1. The first-order valence-electron chi connectivity index (χ1n) is 11.3. The number of carbonyl (C=O) groups is 1. The van der Waals surface area contributed by atoms with Gasteiger partial charge in [0.1, 0.15) is 16.0 Å². The summed E-state index contributed by atoms with van der Waals surface area (Å²) >= 11 is 2.55. The van der Waals surface area contributed by atoms with Gasteiger partial charge in [-0.15, -0.1) is 11.3 Å². The summed E-state index contributed by atoms with van der Waals surface area (Å²) < 4.78 is 34.7. The molecular weight excluding hydrogens is 504 g/mol. The van der Waals surface area contributed by atoms with Gasteiger partial charge < -0.3 is 4.74 Å². The number of pyridine rings is 1. The number of benzene rings is 1. The van der Waals surface area contributed by atoms with E-state index >= 15 is 0 Å². The number of hydrogen-bond acceptors (Lipinski definition) is 8. The number of ether oxygens (including phenoxy) is 1. The van der Waals surface area contributed by atoms with Crippen molar-refractivity contribution >= 4 is 54.0 Å². The third kappa shape index (κ3) is 4.81. The van der Waals surface area contributed by atoms with Crippen LogP contribution in [0.15, 0.2) is 64.4 Å². The first-order valence-corrected chi connectivity index (χ1v) is 14.4. The molecule has 8 nitrogen and oxygen atoms in total. The van der Waals surface area contributed by atoms with Crippen LogP contribution in [-0.2, 0) is 21.4 Å². The number of nitrogens with zero attached hydrogens (tertiary/aromatic N) is 4. The summed E-state index contributed by atoms with van der Waals surface area (Å²) in [5, 5.41) is 2.25. The Morgan fingerprint density at radius 1 is 1.23 bits per heavy atom. The van der Waals surface area contributed by atoms with Crippen LogP contribution in [0.5, 0.6) is 5.75 Å². The van der Waals surface area contributed by atoms with Gasteiger partial charge in [0, 0.05) is 18.9 Å². The largest absolute Gasteiger partial charge is 0.494 e. The summed E-state index contributed by atoms with van der Waals surface area (Å²) in [6, 6.07) is 11.8. The molecule has 1 aliphatic heterocycles. The van der Waals surface area contributed by atoms with Crippen LogP contribution in [0, 0.1) is 0 Å². The zero-order valence-electron chi connectivity index (χ0n) is 19.0. The molecule has 1 saturated heterocycles. The number of thiazole rings is 1. The molecule has 35 heavy (non-hydrogen) atoms. The molecule has 1 fully saturated rings. The number of hydrogen-bond donors (Lipinski definition) is 0. The molecule has 0 spiro atoms. The Bertz CT molecular complexity index is 1420. The van der Waals surface area contributed by atoms with E-state index in [1.165, 1.54) is 15.6 Å². The number of amides is 1. The number of rotatable bonds is 8. The van der Waals surface area contributed by atoms with Crippen molar-refractivity contribution in [1.82, 2.24) is 14.3 Å². The Labute approximate surface area is 211 Å². The van der Waals surface area contributed by atoms with Crippen LogP contribution < -0.4 is 9.64 Å². The molecule has 3 aromatic heterocycles. The molecule has 1 amide bonds. The van der Waals surface area contributed by atoms with E-state index in [1.54, 1.807) is 34.8 Å². The minimum Gasteiger partial charge on any atom is -0.494 e. The summed E-state index contributed by atoms with van der Waals surface area (Å²) in [5.74, 6) is 0.467. The number of thiophene rings is 1. The fourth-order valence-electron chi connectivity index (χ4n) is 4.16. The third-order valence-electron chi connectivity index (χ3n) is 5.79. The minimum absolute atomic E-state index is 0.251. The van der Waals surface area contributed by atoms with Crippen LogP contribution in [0.4, 0.5) is 5.13 Å². The zero-order valence-corrected chi connectivity index (χ0v) is 21.5. The van der Waals surface area contributed by atoms with Gasteiger partial charge in [0.05, 0.1) is 23.4 Å². The highest BCUT2D eigenvalue weighted by Gasteiger charge is 2.42. The maximum atomic E-state index is 14.0. The lowest BCUT2D eigenvalue weighted by Crippen LogP contribution is -2.47. The molecule has 1 atom stereocenters. The van der Waals surface area contributed by atoms with Gasteiger partial charge in [-0.05, 0) is 67.1 Å². The predicted octanol–water partition coefficient (Wildman–Crippen LogP) is 4.54. The second kappa shape index (κ2) is 10.0. The lowest BCUT2D eigenvalue weighted by molar-refractivity contribution is -0.121. The van der Waals surface area contributed by atoms with Gasteiger partial charge in [0.25, 0.3) is 10.0 Å². The molecule has 5 rings (SSSR count). The summed E-state index contributed by atoms with van der Waals surface area (Å²) in [5.41, 5.74) is 1.64. The SMILES string of the molecule is CCOc1ccc2nc(N(Cc3ccncc3)C(=O)C3CCCN3S(=O)(=O)c3cccs3)sc2c1. The van der Waals surface area contributed by atoms with Gasteiger partial charge in [-0.2, -0.15) is 4.31 Å². The normalized spacial score (nSPS) is 16.5. The maximum Gasteiger partial charge on any atom is 0.253 e. The molecule has 0 saturated carbocycles. The summed E-state index contributed by atoms with van der Waals surface area (Å²) in [7, 11) is -3.75. The van der Waals surface area contributed by atoms with Crippen molar-refractivity contribution < 1.29 is 17.9 Å². The fraction of sp³-hybridized carbons (Fsp3) is 0.292. The van der Waals surface area contributed by atoms with E-state index in [0.717, 1.165) is 32.9 Å². The average Bonchev–Trinajstić information content (AvgIpc) is 3.63. The Hall–Kier alpha value is -2.86. The van der Waals surface area contributed by atoms with Crippen LogP contribution in [0.3, 0.4) is 0 Å². The van der Waals surface area contributed by atoms with Gasteiger partial charge >= 0.3 is 0 Å². The number of fused-ring (bicyclic) bond motifs is 1. The van der Waals surface area contributed by atoms with Gasteiger partial charge in [-0.3, -0.25) is 14.7 Å². The number of carbonyl (C=O) groups excluding carboxylic acids is 1. The van der Waals surface area contributed by atoms with Crippen LogP contribution >= 0.6 is 22.7 Å². The van der Waals surface area contributed by atoms with E-state index in [4.69, 9.17) is 9.72 Å². The van der Waals surface area contributed by atoms with Gasteiger partial charge in [0.15, 0.2) is 5.13 Å². The molecule has 4 aromatic rings. The van der Waals surface area contributed by atoms with Crippen molar-refractivity contribution in [3.05, 3.63) is 65.8 Å². The number of sulfonamides is 1. The van der Waals surface area contributed by atoms with Crippen LogP contribution in [-0.4, -0.2) is 47.8 Å². The zero-order chi connectivity index (χ0) is 24.4. The quantitative estimate of drug-likeness (QED) is 0.333. The van der Waals surface area contributed by atoms with Gasteiger partial charge in [-0.25, -0.2) is 13.4 Å². The van der Waals surface area contributed by atoms with E-state index in [9.17, 15) is 13.2 Å². The highest BCUT2D eigenvalue weighted by Crippen LogP contribution is 2.35. The molecule has 1 aromatic carbocycles. The standard InChI is InChI=1S/C24H24N4O4S3/c1-2-32-18-7-8-19-21(15-18)34-24(26-19)27(16-17-9-11-25-12-10-17)23(29)20-5-3-13-28(20)35(30,31)22-6-4-14-33-22/h4,6-12,14-15,20H,2-3,5,13,16H2,1H3. The van der Waals surface area contributed by atoms with Crippen molar-refractivity contribution in [2.75, 3.05) is 18.1 Å². The summed E-state index contributed by atoms with van der Waals surface area (Å²) in [6.07, 6.45) is 4.44. The van der Waals surface area contributed by atoms with Crippen LogP contribution in [0.1, 0.15) is 25.3 Å². The molecule has 4 heterocycles. The summed E-state index contributed by atoms with van der Waals surface area (Å²) in [6.45, 7) is 3.06. The second-order valence-corrected chi connectivity index (χ2v) is 12.1. The van der Waals surface area contributed by atoms with E-state index < -0.39 is 16.1 Å². The molecule has 182 valence electrons. The summed E-state index contributed by atoms with van der Waals surface area (Å²) in [4.78, 5) is 24.4. The van der Waals surface area contributed by atoms with E-state index in [0.29, 0.717) is 31.1 Å². The lowest BCUT2D eigenvalue weighted by atomic mass is 10.2. The molecular formula is C24H24N4O4S3. The smallest absolute Gasteiger partial charge is 0.253 e. The van der Waals surface area contributed by atoms with Crippen LogP contribution in [0.25, 0.3) is 10.2 Å². The highest BCUT2D eigenvalue weighted by atomic mass is 32.2. The molecule has 0 N–H and O–H groups in total. The van der Waals surface area contributed by atoms with E-state index in [-0.39, 0.29) is 16.7 Å². The second-order valence-electron chi connectivity index (χ2n) is 8.04. The fourth-order valence-corrected chi connectivity index (χ4v) is 7.92. The van der Waals surface area contributed by atoms with Crippen molar-refractivity contribution in [3.63, 3.8) is 0 Å². The van der Waals surface area contributed by atoms with Gasteiger partial charge in [-0.1, -0.05) is 17.4 Å². The first kappa shape index (κ1) is 23.9. The first-order chi connectivity index (χ1) is 17.0. The van der Waals surface area contributed by atoms with E-state index in [2.05, 4.69) is 4.98 Å². The third-order valence-corrected chi connectivity index (χ3v) is 10.1. The number of aromatic nitrogens is 2.